The van der Waals surface area contributed by atoms with Crippen LogP contribution in [0.25, 0.3) is 22.2 Å². The third-order valence-electron chi connectivity index (χ3n) is 4.27. The molecular weight excluding hydrogens is 346 g/mol. The molecule has 0 bridgehead atoms. The Morgan fingerprint density at radius 1 is 1.04 bits per heavy atom. The van der Waals surface area contributed by atoms with Gasteiger partial charge in [-0.25, -0.2) is 0 Å². The zero-order valence-corrected chi connectivity index (χ0v) is 15.7. The summed E-state index contributed by atoms with van der Waals surface area (Å²) in [6.07, 6.45) is -0.0975. The van der Waals surface area contributed by atoms with Gasteiger partial charge in [0.15, 0.2) is 11.5 Å². The standard InChI is InChI=1S/C21H23NO5/c1-4-26-18-9-6-13(10-19(18)27-5-2)21-16(12-20(23)24)15-11-14(25-3)7-8-17(15)22-21/h6-11,22H,4-5,12H2,1-3H3,(H,23,24). The van der Waals surface area contributed by atoms with Crippen LogP contribution in [0.3, 0.4) is 0 Å². The van der Waals surface area contributed by atoms with Crippen molar-refractivity contribution in [3.8, 4) is 28.5 Å². The van der Waals surface area contributed by atoms with Crippen LogP contribution in [0.1, 0.15) is 19.4 Å². The third kappa shape index (κ3) is 3.84. The van der Waals surface area contributed by atoms with E-state index < -0.39 is 5.97 Å². The highest BCUT2D eigenvalue weighted by Crippen LogP contribution is 2.37. The molecule has 3 rings (SSSR count). The van der Waals surface area contributed by atoms with Crippen molar-refractivity contribution in [1.82, 2.24) is 4.98 Å². The Morgan fingerprint density at radius 3 is 2.44 bits per heavy atom. The summed E-state index contributed by atoms with van der Waals surface area (Å²) >= 11 is 0. The summed E-state index contributed by atoms with van der Waals surface area (Å²) in [6.45, 7) is 4.87. The lowest BCUT2D eigenvalue weighted by Gasteiger charge is -2.12. The van der Waals surface area contributed by atoms with E-state index >= 15 is 0 Å². The van der Waals surface area contributed by atoms with Crippen molar-refractivity contribution >= 4 is 16.9 Å². The Bertz CT molecular complexity index is 961. The van der Waals surface area contributed by atoms with Crippen molar-refractivity contribution in [2.45, 2.75) is 20.3 Å². The molecule has 0 radical (unpaired) electrons. The predicted octanol–water partition coefficient (Wildman–Crippen LogP) is 4.27. The van der Waals surface area contributed by atoms with E-state index in [4.69, 9.17) is 14.2 Å². The summed E-state index contributed by atoms with van der Waals surface area (Å²) in [6, 6.07) is 11.2. The molecule has 0 aliphatic heterocycles. The minimum absolute atomic E-state index is 0.0975. The number of aromatic nitrogens is 1. The molecule has 0 saturated carbocycles. The molecule has 0 spiro atoms. The van der Waals surface area contributed by atoms with E-state index in [0.29, 0.717) is 36.0 Å². The average molecular weight is 369 g/mol. The first-order chi connectivity index (χ1) is 13.1. The van der Waals surface area contributed by atoms with Crippen molar-refractivity contribution in [2.24, 2.45) is 0 Å². The van der Waals surface area contributed by atoms with Crippen molar-refractivity contribution in [2.75, 3.05) is 20.3 Å². The number of carboxylic acids is 1. The number of methoxy groups -OCH3 is 1. The lowest BCUT2D eigenvalue weighted by atomic mass is 10.0. The molecule has 6 nitrogen and oxygen atoms in total. The zero-order chi connectivity index (χ0) is 19.4. The lowest BCUT2D eigenvalue weighted by molar-refractivity contribution is -0.136. The number of rotatable bonds is 8. The van der Waals surface area contributed by atoms with Crippen LogP contribution in [-0.4, -0.2) is 36.4 Å². The van der Waals surface area contributed by atoms with E-state index in [0.717, 1.165) is 22.2 Å². The van der Waals surface area contributed by atoms with E-state index in [2.05, 4.69) is 4.98 Å². The number of ether oxygens (including phenoxy) is 3. The van der Waals surface area contributed by atoms with Crippen molar-refractivity contribution in [3.63, 3.8) is 0 Å². The van der Waals surface area contributed by atoms with Gasteiger partial charge in [-0.15, -0.1) is 0 Å². The molecule has 6 heteroatoms. The third-order valence-corrected chi connectivity index (χ3v) is 4.27. The van der Waals surface area contributed by atoms with Gasteiger partial charge in [0.1, 0.15) is 5.75 Å². The number of hydrogen-bond donors (Lipinski definition) is 2. The van der Waals surface area contributed by atoms with Crippen molar-refractivity contribution in [1.29, 1.82) is 0 Å². The fourth-order valence-electron chi connectivity index (χ4n) is 3.14. The highest BCUT2D eigenvalue weighted by molar-refractivity contribution is 5.94. The summed E-state index contributed by atoms with van der Waals surface area (Å²) in [5.41, 5.74) is 3.16. The van der Waals surface area contributed by atoms with Gasteiger partial charge in [0.05, 0.1) is 32.4 Å². The van der Waals surface area contributed by atoms with E-state index in [9.17, 15) is 9.90 Å². The highest BCUT2D eigenvalue weighted by Gasteiger charge is 2.18. The van der Waals surface area contributed by atoms with Gasteiger partial charge in [-0.05, 0) is 55.8 Å². The number of H-pyrrole nitrogens is 1. The van der Waals surface area contributed by atoms with Gasteiger partial charge in [-0.1, -0.05) is 0 Å². The molecule has 0 fully saturated rings. The van der Waals surface area contributed by atoms with Crippen LogP contribution in [0.4, 0.5) is 0 Å². The predicted molar refractivity (Wildman–Crippen MR) is 104 cm³/mol. The molecule has 27 heavy (non-hydrogen) atoms. The number of nitrogens with one attached hydrogen (secondary N) is 1. The van der Waals surface area contributed by atoms with Crippen LogP contribution >= 0.6 is 0 Å². The second-order valence-corrected chi connectivity index (χ2v) is 5.99. The van der Waals surface area contributed by atoms with Gasteiger partial charge in [-0.3, -0.25) is 4.79 Å². The van der Waals surface area contributed by atoms with E-state index in [1.807, 2.05) is 50.2 Å². The number of aliphatic carboxylic acids is 1. The molecule has 0 saturated heterocycles. The van der Waals surface area contributed by atoms with Crippen molar-refractivity contribution < 1.29 is 24.1 Å². The van der Waals surface area contributed by atoms with Gasteiger partial charge in [-0.2, -0.15) is 0 Å². The monoisotopic (exact) mass is 369 g/mol. The van der Waals surface area contributed by atoms with Gasteiger partial charge < -0.3 is 24.3 Å². The van der Waals surface area contributed by atoms with Crippen molar-refractivity contribution in [3.05, 3.63) is 42.0 Å². The lowest BCUT2D eigenvalue weighted by Crippen LogP contribution is -2.02. The number of carbonyl (C=O) groups is 1. The fourth-order valence-corrected chi connectivity index (χ4v) is 3.14. The summed E-state index contributed by atoms with van der Waals surface area (Å²) in [4.78, 5) is 14.8. The first kappa shape index (κ1) is 18.6. The van der Waals surface area contributed by atoms with E-state index in [1.54, 1.807) is 7.11 Å². The van der Waals surface area contributed by atoms with Gasteiger partial charge >= 0.3 is 5.97 Å². The summed E-state index contributed by atoms with van der Waals surface area (Å²) in [7, 11) is 1.59. The smallest absolute Gasteiger partial charge is 0.307 e. The van der Waals surface area contributed by atoms with Crippen LogP contribution in [0.5, 0.6) is 17.2 Å². The zero-order valence-electron chi connectivity index (χ0n) is 15.7. The van der Waals surface area contributed by atoms with E-state index in [-0.39, 0.29) is 6.42 Å². The quantitative estimate of drug-likeness (QED) is 0.620. The molecule has 1 aromatic heterocycles. The molecule has 0 aliphatic rings. The highest BCUT2D eigenvalue weighted by atomic mass is 16.5. The van der Waals surface area contributed by atoms with Crippen LogP contribution in [0, 0.1) is 0 Å². The molecule has 3 aromatic rings. The van der Waals surface area contributed by atoms with Gasteiger partial charge in [0.2, 0.25) is 0 Å². The molecule has 2 aromatic carbocycles. The van der Waals surface area contributed by atoms with Crippen LogP contribution < -0.4 is 14.2 Å². The minimum atomic E-state index is -0.893. The maximum atomic E-state index is 11.5. The second kappa shape index (κ2) is 8.03. The summed E-state index contributed by atoms with van der Waals surface area (Å²) in [5.74, 6) is 1.09. The maximum Gasteiger partial charge on any atom is 0.307 e. The molecule has 2 N–H and O–H groups in total. The Labute approximate surface area is 157 Å². The molecule has 0 aliphatic carbocycles. The molecule has 142 valence electrons. The topological polar surface area (TPSA) is 80.8 Å². The molecule has 0 atom stereocenters. The summed E-state index contributed by atoms with van der Waals surface area (Å²) in [5, 5.41) is 10.2. The Kier molecular flexibility index (Phi) is 5.54. The first-order valence-electron chi connectivity index (χ1n) is 8.87. The van der Waals surface area contributed by atoms with Crippen LogP contribution in [0.15, 0.2) is 36.4 Å². The van der Waals surface area contributed by atoms with E-state index in [1.165, 1.54) is 0 Å². The SMILES string of the molecule is CCOc1ccc(-c2[nH]c3ccc(OC)cc3c2CC(=O)O)cc1OCC. The largest absolute Gasteiger partial charge is 0.497 e. The normalized spacial score (nSPS) is 10.8. The van der Waals surface area contributed by atoms with Gasteiger partial charge in [0, 0.05) is 16.5 Å². The minimum Gasteiger partial charge on any atom is -0.497 e. The Balaban J connectivity index is 2.17. The average Bonchev–Trinajstić information content (AvgIpc) is 3.00. The molecule has 0 amide bonds. The molecule has 0 unspecified atom stereocenters. The van der Waals surface area contributed by atoms with Crippen LogP contribution in [0.2, 0.25) is 0 Å². The number of carboxylic acid groups (broad SMARTS) is 1. The number of fused-ring (bicyclic) bond motifs is 1. The molecular formula is C21H23NO5. The van der Waals surface area contributed by atoms with Gasteiger partial charge in [0.25, 0.3) is 0 Å². The Hall–Kier alpha value is -3.15. The number of hydrogen-bond acceptors (Lipinski definition) is 4. The first-order valence-corrected chi connectivity index (χ1v) is 8.87. The fraction of sp³-hybridized carbons (Fsp3) is 0.286. The molecule has 1 heterocycles. The van der Waals surface area contributed by atoms with Crippen LogP contribution in [-0.2, 0) is 11.2 Å². The maximum absolute atomic E-state index is 11.5. The summed E-state index contributed by atoms with van der Waals surface area (Å²) < 4.78 is 16.6. The second-order valence-electron chi connectivity index (χ2n) is 5.99. The number of benzene rings is 2. The number of aromatic amines is 1. The Morgan fingerprint density at radius 2 is 1.78 bits per heavy atom.